The van der Waals surface area contributed by atoms with E-state index in [0.717, 1.165) is 23.2 Å². The number of carbonyl (C=O) groups is 2. The van der Waals surface area contributed by atoms with Crippen LogP contribution < -0.4 is 5.32 Å². The summed E-state index contributed by atoms with van der Waals surface area (Å²) in [7, 11) is 0. The summed E-state index contributed by atoms with van der Waals surface area (Å²) in [6.07, 6.45) is 3.94. The Bertz CT molecular complexity index is 640. The molecule has 3 fully saturated rings. The number of aryl methyl sites for hydroxylation is 1. The van der Waals surface area contributed by atoms with Gasteiger partial charge < -0.3 is 10.4 Å². The molecular formula is C16H20N2O3S. The number of carboxylic acid groups (broad SMARTS) is 1. The Morgan fingerprint density at radius 1 is 1.32 bits per heavy atom. The topological polar surface area (TPSA) is 79.3 Å². The lowest BCUT2D eigenvalue weighted by molar-refractivity contribution is -0.124. The first-order valence-corrected chi connectivity index (χ1v) is 8.80. The van der Waals surface area contributed by atoms with Crippen molar-refractivity contribution in [2.24, 2.45) is 29.6 Å². The van der Waals surface area contributed by atoms with E-state index < -0.39 is 5.97 Å². The zero-order valence-electron chi connectivity index (χ0n) is 12.7. The van der Waals surface area contributed by atoms with Crippen molar-refractivity contribution >= 4 is 23.2 Å². The van der Waals surface area contributed by atoms with Crippen LogP contribution in [0.1, 0.15) is 52.6 Å². The molecule has 5 unspecified atom stereocenters. The van der Waals surface area contributed by atoms with Gasteiger partial charge in [0.25, 0.3) is 0 Å². The van der Waals surface area contributed by atoms with Gasteiger partial charge in [0.05, 0.1) is 11.7 Å². The molecule has 0 spiro atoms. The quantitative estimate of drug-likeness (QED) is 0.894. The number of hydrogen-bond donors (Lipinski definition) is 2. The molecule has 2 N–H and O–H groups in total. The highest BCUT2D eigenvalue weighted by Gasteiger charge is 2.67. The molecule has 3 aliphatic carbocycles. The molecule has 118 valence electrons. The molecule has 1 aromatic heterocycles. The summed E-state index contributed by atoms with van der Waals surface area (Å²) < 4.78 is 0. The van der Waals surface area contributed by atoms with Crippen LogP contribution in [0.5, 0.6) is 0 Å². The third-order valence-electron chi connectivity index (χ3n) is 5.77. The van der Waals surface area contributed by atoms with Gasteiger partial charge in [0.1, 0.15) is 9.88 Å². The van der Waals surface area contributed by atoms with Crippen LogP contribution >= 0.6 is 11.3 Å². The van der Waals surface area contributed by atoms with Crippen molar-refractivity contribution < 1.29 is 14.7 Å². The van der Waals surface area contributed by atoms with Crippen molar-refractivity contribution in [2.75, 3.05) is 0 Å². The van der Waals surface area contributed by atoms with Crippen LogP contribution in [0.4, 0.5) is 0 Å². The second-order valence-electron chi connectivity index (χ2n) is 7.02. The fourth-order valence-corrected chi connectivity index (χ4v) is 5.76. The third kappa shape index (κ3) is 2.00. The van der Waals surface area contributed by atoms with Gasteiger partial charge in [0.15, 0.2) is 0 Å². The average Bonchev–Trinajstić information content (AvgIpc) is 2.78. The Kier molecular flexibility index (Phi) is 3.08. The Morgan fingerprint density at radius 3 is 2.50 bits per heavy atom. The highest BCUT2D eigenvalue weighted by Crippen LogP contribution is 2.69. The average molecular weight is 320 g/mol. The van der Waals surface area contributed by atoms with Gasteiger partial charge in [-0.15, -0.1) is 11.3 Å². The lowest BCUT2D eigenvalue weighted by Crippen LogP contribution is -2.30. The Labute approximate surface area is 133 Å². The van der Waals surface area contributed by atoms with Gasteiger partial charge in [-0.05, 0) is 56.8 Å². The van der Waals surface area contributed by atoms with Gasteiger partial charge in [-0.1, -0.05) is 0 Å². The summed E-state index contributed by atoms with van der Waals surface area (Å²) in [5, 5.41) is 12.8. The Hall–Kier alpha value is -1.43. The van der Waals surface area contributed by atoms with Crippen molar-refractivity contribution in [3.8, 4) is 0 Å². The number of fused-ring (bicyclic) bond motifs is 5. The van der Waals surface area contributed by atoms with Crippen molar-refractivity contribution in [3.63, 3.8) is 0 Å². The number of aromatic carboxylic acids is 1. The number of aromatic nitrogens is 1. The summed E-state index contributed by atoms with van der Waals surface area (Å²) in [6, 6.07) is -0.219. The van der Waals surface area contributed by atoms with Crippen LogP contribution in [0, 0.1) is 36.5 Å². The summed E-state index contributed by atoms with van der Waals surface area (Å²) in [4.78, 5) is 28.2. The van der Waals surface area contributed by atoms with Crippen LogP contribution in [-0.2, 0) is 4.79 Å². The van der Waals surface area contributed by atoms with E-state index in [2.05, 4.69) is 10.3 Å². The van der Waals surface area contributed by atoms with E-state index in [0.29, 0.717) is 22.5 Å². The second kappa shape index (κ2) is 4.78. The number of amides is 1. The lowest BCUT2D eigenvalue weighted by atomic mass is 10.0. The smallest absolute Gasteiger partial charge is 0.347 e. The van der Waals surface area contributed by atoms with Crippen molar-refractivity contribution in [2.45, 2.75) is 39.2 Å². The predicted molar refractivity (Wildman–Crippen MR) is 81.7 cm³/mol. The first kappa shape index (κ1) is 14.2. The van der Waals surface area contributed by atoms with Gasteiger partial charge in [-0.2, -0.15) is 0 Å². The van der Waals surface area contributed by atoms with E-state index in [-0.39, 0.29) is 22.7 Å². The van der Waals surface area contributed by atoms with Gasteiger partial charge in [-0.25, -0.2) is 9.78 Å². The fraction of sp³-hybridized carbons (Fsp3) is 0.688. The van der Waals surface area contributed by atoms with Crippen LogP contribution in [0.2, 0.25) is 0 Å². The van der Waals surface area contributed by atoms with E-state index in [1.807, 2.05) is 6.92 Å². The zero-order chi connectivity index (χ0) is 15.6. The molecule has 3 saturated carbocycles. The number of carbonyl (C=O) groups excluding carboxylic acids is 1. The molecule has 5 atom stereocenters. The van der Waals surface area contributed by atoms with E-state index >= 15 is 0 Å². The Morgan fingerprint density at radius 2 is 1.95 bits per heavy atom. The van der Waals surface area contributed by atoms with Crippen LogP contribution in [0.3, 0.4) is 0 Å². The minimum atomic E-state index is -0.951. The second-order valence-corrected chi connectivity index (χ2v) is 8.05. The van der Waals surface area contributed by atoms with Crippen LogP contribution in [0.25, 0.3) is 0 Å². The van der Waals surface area contributed by atoms with E-state index in [4.69, 9.17) is 5.11 Å². The largest absolute Gasteiger partial charge is 0.477 e. The maximum absolute atomic E-state index is 12.5. The number of nitrogens with one attached hydrogen (secondary N) is 1. The Balaban J connectivity index is 1.42. The van der Waals surface area contributed by atoms with Crippen molar-refractivity contribution in [1.82, 2.24) is 10.3 Å². The van der Waals surface area contributed by atoms with Gasteiger partial charge in [-0.3, -0.25) is 4.79 Å². The normalized spacial score (nSPS) is 36.0. The summed E-state index contributed by atoms with van der Waals surface area (Å²) in [5.74, 6) is 2.20. The maximum Gasteiger partial charge on any atom is 0.347 e. The van der Waals surface area contributed by atoms with E-state index in [1.165, 1.54) is 19.3 Å². The molecule has 0 aliphatic heterocycles. The first-order chi connectivity index (χ1) is 10.5. The molecule has 0 radical (unpaired) electrons. The third-order valence-corrected chi connectivity index (χ3v) is 7.10. The number of hydrogen-bond acceptors (Lipinski definition) is 4. The molecule has 2 bridgehead atoms. The zero-order valence-corrected chi connectivity index (χ0v) is 13.5. The van der Waals surface area contributed by atoms with E-state index in [9.17, 15) is 9.59 Å². The molecule has 22 heavy (non-hydrogen) atoms. The van der Waals surface area contributed by atoms with Gasteiger partial charge in [0, 0.05) is 5.92 Å². The molecule has 1 aromatic rings. The highest BCUT2D eigenvalue weighted by atomic mass is 32.1. The first-order valence-electron chi connectivity index (χ1n) is 7.98. The minimum absolute atomic E-state index is 0.142. The van der Waals surface area contributed by atoms with Gasteiger partial charge >= 0.3 is 5.97 Å². The monoisotopic (exact) mass is 320 g/mol. The lowest BCUT2D eigenvalue weighted by Gasteiger charge is -2.13. The summed E-state index contributed by atoms with van der Waals surface area (Å²) in [5.41, 5.74) is 0.523. The van der Waals surface area contributed by atoms with Crippen LogP contribution in [0.15, 0.2) is 0 Å². The number of thiazole rings is 1. The van der Waals surface area contributed by atoms with Crippen molar-refractivity contribution in [3.05, 3.63) is 15.6 Å². The minimum Gasteiger partial charge on any atom is -0.477 e. The number of nitrogens with zero attached hydrogens (tertiary/aromatic N) is 1. The molecule has 0 aromatic carbocycles. The fourth-order valence-electron chi connectivity index (χ4n) is 4.85. The number of carboxylic acids is 1. The van der Waals surface area contributed by atoms with E-state index in [1.54, 1.807) is 6.92 Å². The molecular weight excluding hydrogens is 300 g/mol. The molecule has 5 nitrogen and oxygen atoms in total. The molecule has 3 aliphatic rings. The van der Waals surface area contributed by atoms with Gasteiger partial charge in [0.2, 0.25) is 5.91 Å². The SMILES string of the molecule is Cc1nc(C(C)NC(=O)C2C3C4CCC(C4)C23)sc1C(=O)O. The maximum atomic E-state index is 12.5. The number of rotatable bonds is 4. The van der Waals surface area contributed by atoms with Crippen LogP contribution in [-0.4, -0.2) is 22.0 Å². The molecule has 1 heterocycles. The molecule has 6 heteroatoms. The molecule has 0 saturated heterocycles. The molecule has 1 amide bonds. The summed E-state index contributed by atoms with van der Waals surface area (Å²) in [6.45, 7) is 3.58. The highest BCUT2D eigenvalue weighted by molar-refractivity contribution is 7.13. The predicted octanol–water partition coefficient (Wildman–Crippen LogP) is 2.62. The molecule has 4 rings (SSSR count). The van der Waals surface area contributed by atoms with Crippen molar-refractivity contribution in [1.29, 1.82) is 0 Å². The standard InChI is InChI=1S/C16H20N2O3S/c1-6-13(16(20)21)22-15(18-6)7(2)17-14(19)12-10-8-3-4-9(5-8)11(10)12/h7-12H,3-5H2,1-2H3,(H,17,19)(H,20,21). The summed E-state index contributed by atoms with van der Waals surface area (Å²) >= 11 is 1.16.